The first kappa shape index (κ1) is 14.5. The first-order chi connectivity index (χ1) is 8.45. The van der Waals surface area contributed by atoms with Crippen LogP contribution in [0.2, 0.25) is 0 Å². The molecule has 1 amide bonds. The summed E-state index contributed by atoms with van der Waals surface area (Å²) < 4.78 is 38.6. The summed E-state index contributed by atoms with van der Waals surface area (Å²) in [4.78, 5) is 11.4. The standard InChI is InChI=1S/C13H16F3NO/c1-2-3-9-11(18)17-12(13(14,15)16)10-7-5-4-6-8-10/h4-8,12H,2-3,9H2,1H3,(H,17,18)/t12-/m0/s1. The summed E-state index contributed by atoms with van der Waals surface area (Å²) >= 11 is 0. The largest absolute Gasteiger partial charge is 0.412 e. The van der Waals surface area contributed by atoms with Gasteiger partial charge in [0.15, 0.2) is 6.04 Å². The molecule has 2 nitrogen and oxygen atoms in total. The lowest BCUT2D eigenvalue weighted by Crippen LogP contribution is -2.38. The molecule has 0 unspecified atom stereocenters. The number of rotatable bonds is 5. The Morgan fingerprint density at radius 3 is 2.39 bits per heavy atom. The van der Waals surface area contributed by atoms with Crippen molar-refractivity contribution in [2.45, 2.75) is 38.4 Å². The van der Waals surface area contributed by atoms with Gasteiger partial charge in [-0.15, -0.1) is 0 Å². The molecule has 0 saturated carbocycles. The molecule has 5 heteroatoms. The zero-order valence-corrected chi connectivity index (χ0v) is 10.1. The van der Waals surface area contributed by atoms with Crippen LogP contribution in [0, 0.1) is 0 Å². The van der Waals surface area contributed by atoms with E-state index in [1.807, 2.05) is 12.2 Å². The molecular formula is C13H16F3NO. The van der Waals surface area contributed by atoms with Crippen molar-refractivity contribution in [1.29, 1.82) is 0 Å². The van der Waals surface area contributed by atoms with Crippen LogP contribution in [0.25, 0.3) is 0 Å². The topological polar surface area (TPSA) is 29.1 Å². The lowest BCUT2D eigenvalue weighted by molar-refractivity contribution is -0.163. The van der Waals surface area contributed by atoms with Crippen LogP contribution in [0.1, 0.15) is 37.8 Å². The Morgan fingerprint density at radius 1 is 1.28 bits per heavy atom. The van der Waals surface area contributed by atoms with Crippen molar-refractivity contribution in [3.05, 3.63) is 35.9 Å². The summed E-state index contributed by atoms with van der Waals surface area (Å²) in [5.74, 6) is -0.567. The molecule has 0 spiro atoms. The second kappa shape index (κ2) is 6.42. The van der Waals surface area contributed by atoms with Gasteiger partial charge in [0.05, 0.1) is 0 Å². The van der Waals surface area contributed by atoms with Gasteiger partial charge in [-0.2, -0.15) is 13.2 Å². The zero-order chi connectivity index (χ0) is 13.6. The van der Waals surface area contributed by atoms with E-state index in [0.29, 0.717) is 6.42 Å². The summed E-state index contributed by atoms with van der Waals surface area (Å²) in [6.45, 7) is 1.88. The van der Waals surface area contributed by atoms with Gasteiger partial charge in [0.1, 0.15) is 0 Å². The fourth-order valence-corrected chi connectivity index (χ4v) is 1.57. The maximum Gasteiger partial charge on any atom is 0.412 e. The number of benzene rings is 1. The Kier molecular flexibility index (Phi) is 5.19. The molecule has 1 rings (SSSR count). The third-order valence-corrected chi connectivity index (χ3v) is 2.52. The van der Waals surface area contributed by atoms with Gasteiger partial charge in [-0.3, -0.25) is 4.79 Å². The summed E-state index contributed by atoms with van der Waals surface area (Å²) in [6, 6.07) is 5.47. The Morgan fingerprint density at radius 2 is 1.89 bits per heavy atom. The molecule has 18 heavy (non-hydrogen) atoms. The number of hydrogen-bond acceptors (Lipinski definition) is 1. The molecule has 0 aromatic heterocycles. The number of unbranched alkanes of at least 4 members (excludes halogenated alkanes) is 1. The average molecular weight is 259 g/mol. The minimum Gasteiger partial charge on any atom is -0.341 e. The monoisotopic (exact) mass is 259 g/mol. The average Bonchev–Trinajstić information content (AvgIpc) is 2.33. The van der Waals surface area contributed by atoms with Gasteiger partial charge >= 0.3 is 6.18 Å². The lowest BCUT2D eigenvalue weighted by atomic mass is 10.1. The van der Waals surface area contributed by atoms with Gasteiger partial charge in [-0.25, -0.2) is 0 Å². The van der Waals surface area contributed by atoms with Crippen LogP contribution in [-0.4, -0.2) is 12.1 Å². The lowest BCUT2D eigenvalue weighted by Gasteiger charge is -2.22. The predicted molar refractivity (Wildman–Crippen MR) is 62.9 cm³/mol. The molecule has 0 aliphatic carbocycles. The molecule has 1 N–H and O–H groups in total. The van der Waals surface area contributed by atoms with Gasteiger partial charge in [-0.1, -0.05) is 43.7 Å². The van der Waals surface area contributed by atoms with E-state index < -0.39 is 18.1 Å². The maximum atomic E-state index is 12.9. The van der Waals surface area contributed by atoms with Crippen LogP contribution in [0.3, 0.4) is 0 Å². The first-order valence-electron chi connectivity index (χ1n) is 5.86. The normalized spacial score (nSPS) is 13.1. The van der Waals surface area contributed by atoms with E-state index in [-0.39, 0.29) is 12.0 Å². The van der Waals surface area contributed by atoms with Crippen molar-refractivity contribution in [2.75, 3.05) is 0 Å². The SMILES string of the molecule is CCCCC(=O)N[C@@H](c1ccccc1)C(F)(F)F. The molecule has 0 radical (unpaired) electrons. The minimum atomic E-state index is -4.48. The number of hydrogen-bond donors (Lipinski definition) is 1. The van der Waals surface area contributed by atoms with Gasteiger partial charge in [0.2, 0.25) is 5.91 Å². The van der Waals surface area contributed by atoms with Crippen LogP contribution in [-0.2, 0) is 4.79 Å². The molecular weight excluding hydrogens is 243 g/mol. The van der Waals surface area contributed by atoms with Crippen molar-refractivity contribution in [3.63, 3.8) is 0 Å². The molecule has 0 bridgehead atoms. The van der Waals surface area contributed by atoms with Gasteiger partial charge in [0, 0.05) is 6.42 Å². The van der Waals surface area contributed by atoms with Gasteiger partial charge in [-0.05, 0) is 12.0 Å². The van der Waals surface area contributed by atoms with E-state index in [2.05, 4.69) is 0 Å². The fraction of sp³-hybridized carbons (Fsp3) is 0.462. The molecule has 1 atom stereocenters. The number of alkyl halides is 3. The first-order valence-corrected chi connectivity index (χ1v) is 5.86. The Labute approximate surface area is 104 Å². The Hall–Kier alpha value is -1.52. The van der Waals surface area contributed by atoms with Crippen LogP contribution in [0.5, 0.6) is 0 Å². The van der Waals surface area contributed by atoms with E-state index in [1.165, 1.54) is 24.3 Å². The van der Waals surface area contributed by atoms with Crippen molar-refractivity contribution in [2.24, 2.45) is 0 Å². The van der Waals surface area contributed by atoms with E-state index in [1.54, 1.807) is 6.07 Å². The quantitative estimate of drug-likeness (QED) is 0.860. The van der Waals surface area contributed by atoms with Gasteiger partial charge in [0.25, 0.3) is 0 Å². The number of nitrogens with one attached hydrogen (secondary N) is 1. The van der Waals surface area contributed by atoms with Crippen LogP contribution < -0.4 is 5.32 Å². The minimum absolute atomic E-state index is 0.0508. The molecule has 0 heterocycles. The molecule has 0 aliphatic heterocycles. The highest BCUT2D eigenvalue weighted by atomic mass is 19.4. The molecule has 1 aromatic carbocycles. The number of halogens is 3. The summed E-state index contributed by atoms with van der Waals surface area (Å²) in [5, 5.41) is 2.04. The molecule has 1 aromatic rings. The van der Waals surface area contributed by atoms with E-state index in [9.17, 15) is 18.0 Å². The predicted octanol–water partition coefficient (Wildman–Crippen LogP) is 3.60. The summed E-state index contributed by atoms with van der Waals surface area (Å²) in [7, 11) is 0. The highest BCUT2D eigenvalue weighted by Gasteiger charge is 2.41. The molecule has 0 fully saturated rings. The van der Waals surface area contributed by atoms with Crippen molar-refractivity contribution >= 4 is 5.91 Å². The van der Waals surface area contributed by atoms with E-state index in [0.717, 1.165) is 6.42 Å². The highest BCUT2D eigenvalue weighted by Crippen LogP contribution is 2.32. The van der Waals surface area contributed by atoms with E-state index in [4.69, 9.17) is 0 Å². The van der Waals surface area contributed by atoms with Crippen LogP contribution in [0.4, 0.5) is 13.2 Å². The number of carbonyl (C=O) groups excluding carboxylic acids is 1. The molecule has 100 valence electrons. The zero-order valence-electron chi connectivity index (χ0n) is 10.1. The van der Waals surface area contributed by atoms with E-state index >= 15 is 0 Å². The molecule has 0 saturated heterocycles. The van der Waals surface area contributed by atoms with Gasteiger partial charge < -0.3 is 5.32 Å². The van der Waals surface area contributed by atoms with Crippen molar-refractivity contribution in [3.8, 4) is 0 Å². The maximum absolute atomic E-state index is 12.9. The number of amides is 1. The smallest absolute Gasteiger partial charge is 0.341 e. The highest BCUT2D eigenvalue weighted by molar-refractivity contribution is 5.76. The third-order valence-electron chi connectivity index (χ3n) is 2.52. The van der Waals surface area contributed by atoms with Crippen LogP contribution >= 0.6 is 0 Å². The number of carbonyl (C=O) groups is 1. The third kappa shape index (κ3) is 4.39. The fourth-order valence-electron chi connectivity index (χ4n) is 1.57. The second-order valence-corrected chi connectivity index (χ2v) is 4.06. The Bertz CT molecular complexity index is 376. The van der Waals surface area contributed by atoms with Crippen LogP contribution in [0.15, 0.2) is 30.3 Å². The summed E-state index contributed by atoms with van der Waals surface area (Å²) in [6.07, 6.45) is -3.00. The van der Waals surface area contributed by atoms with Crippen molar-refractivity contribution < 1.29 is 18.0 Å². The van der Waals surface area contributed by atoms with Crippen molar-refractivity contribution in [1.82, 2.24) is 5.32 Å². The Balaban J connectivity index is 2.78. The second-order valence-electron chi connectivity index (χ2n) is 4.06. The summed E-state index contributed by atoms with van der Waals surface area (Å²) in [5.41, 5.74) is 0.0508. The molecule has 0 aliphatic rings.